The fraction of sp³-hybridized carbons (Fsp3) is 0.471. The summed E-state index contributed by atoms with van der Waals surface area (Å²) in [4.78, 5) is 40.8. The van der Waals surface area contributed by atoms with E-state index in [1.54, 1.807) is 30.0 Å². The third kappa shape index (κ3) is 2.75. The van der Waals surface area contributed by atoms with Crippen molar-refractivity contribution in [3.05, 3.63) is 44.5 Å². The van der Waals surface area contributed by atoms with Gasteiger partial charge in [-0.25, -0.2) is 0 Å². The lowest BCUT2D eigenvalue weighted by Gasteiger charge is -2.36. The number of benzene rings is 1. The van der Waals surface area contributed by atoms with Crippen LogP contribution < -0.4 is 11.1 Å². The van der Waals surface area contributed by atoms with Gasteiger partial charge < -0.3 is 19.2 Å². The van der Waals surface area contributed by atoms with Gasteiger partial charge in [-0.15, -0.1) is 0 Å². The van der Waals surface area contributed by atoms with Crippen molar-refractivity contribution in [2.75, 3.05) is 13.2 Å². The number of nitrogens with zero attached hydrogens (tertiary/aromatic N) is 2. The molecule has 1 aromatic carbocycles. The van der Waals surface area contributed by atoms with Crippen LogP contribution in [0.2, 0.25) is 0 Å². The van der Waals surface area contributed by atoms with Crippen molar-refractivity contribution in [1.82, 2.24) is 14.5 Å². The molecule has 0 aliphatic carbocycles. The van der Waals surface area contributed by atoms with Crippen LogP contribution in [0, 0.1) is 0 Å². The molecule has 128 valence electrons. The molecule has 1 N–H and O–H groups in total. The highest BCUT2D eigenvalue weighted by atomic mass is 16.5. The molecule has 1 aliphatic rings. The van der Waals surface area contributed by atoms with E-state index in [0.29, 0.717) is 36.3 Å². The summed E-state index contributed by atoms with van der Waals surface area (Å²) in [5.74, 6) is -0.102. The molecule has 2 unspecified atom stereocenters. The van der Waals surface area contributed by atoms with Gasteiger partial charge in [-0.3, -0.25) is 14.4 Å². The van der Waals surface area contributed by atoms with E-state index in [0.717, 1.165) is 0 Å². The molecule has 1 saturated heterocycles. The largest absolute Gasteiger partial charge is 0.375 e. The van der Waals surface area contributed by atoms with Crippen LogP contribution in [-0.2, 0) is 11.3 Å². The predicted octanol–water partition coefficient (Wildman–Crippen LogP) is 0.959. The van der Waals surface area contributed by atoms with E-state index in [-0.39, 0.29) is 18.1 Å². The van der Waals surface area contributed by atoms with E-state index in [1.165, 1.54) is 4.57 Å². The smallest absolute Gasteiger partial charge is 0.316 e. The van der Waals surface area contributed by atoms with Gasteiger partial charge in [-0.05, 0) is 39.0 Å². The maximum Gasteiger partial charge on any atom is 0.316 e. The van der Waals surface area contributed by atoms with Gasteiger partial charge in [0, 0.05) is 18.7 Å². The summed E-state index contributed by atoms with van der Waals surface area (Å²) in [7, 11) is 0. The topological polar surface area (TPSA) is 84.4 Å². The Labute approximate surface area is 138 Å². The minimum atomic E-state index is -0.678. The zero-order chi connectivity index (χ0) is 17.4. The molecular formula is C17H21N3O4. The van der Waals surface area contributed by atoms with Crippen molar-refractivity contribution in [2.45, 2.75) is 39.5 Å². The average Bonchev–Trinajstić information content (AvgIpc) is 2.57. The van der Waals surface area contributed by atoms with Crippen LogP contribution in [0.5, 0.6) is 0 Å². The summed E-state index contributed by atoms with van der Waals surface area (Å²) in [6.45, 7) is 7.11. The molecule has 2 aromatic rings. The molecule has 2 atom stereocenters. The molecule has 0 bridgehead atoms. The quantitative estimate of drug-likeness (QED) is 0.831. The number of aryl methyl sites for hydroxylation is 1. The maximum absolute atomic E-state index is 12.8. The second kappa shape index (κ2) is 6.24. The second-order valence-electron chi connectivity index (χ2n) is 6.19. The average molecular weight is 331 g/mol. The molecule has 24 heavy (non-hydrogen) atoms. The van der Waals surface area contributed by atoms with Crippen molar-refractivity contribution in [2.24, 2.45) is 0 Å². The molecule has 3 rings (SSSR count). The molecule has 7 heteroatoms. The third-order valence-electron chi connectivity index (χ3n) is 4.41. The van der Waals surface area contributed by atoms with E-state index in [9.17, 15) is 14.4 Å². The summed E-state index contributed by atoms with van der Waals surface area (Å²) in [5.41, 5.74) is 0.325. The maximum atomic E-state index is 12.8. The number of hydrogen-bond acceptors (Lipinski definition) is 4. The number of H-pyrrole nitrogens is 1. The third-order valence-corrected chi connectivity index (χ3v) is 4.41. The predicted molar refractivity (Wildman–Crippen MR) is 90.4 cm³/mol. The number of nitrogens with one attached hydrogen (secondary N) is 1. The summed E-state index contributed by atoms with van der Waals surface area (Å²) in [5, 5.41) is 0. The van der Waals surface area contributed by atoms with E-state index < -0.39 is 11.1 Å². The highest BCUT2D eigenvalue weighted by Crippen LogP contribution is 2.18. The lowest BCUT2D eigenvalue weighted by molar-refractivity contribution is -0.0387. The fourth-order valence-electron chi connectivity index (χ4n) is 3.08. The number of morpholine rings is 1. The molecule has 7 nitrogen and oxygen atoms in total. The van der Waals surface area contributed by atoms with E-state index in [4.69, 9.17) is 4.74 Å². The number of rotatable bonds is 2. The summed E-state index contributed by atoms with van der Waals surface area (Å²) in [6, 6.07) is 5.03. The first-order valence-electron chi connectivity index (χ1n) is 8.11. The fourth-order valence-corrected chi connectivity index (χ4v) is 3.08. The number of aromatic amines is 1. The Hall–Kier alpha value is -2.41. The zero-order valence-corrected chi connectivity index (χ0v) is 14.0. The van der Waals surface area contributed by atoms with Gasteiger partial charge in [0.1, 0.15) is 0 Å². The number of amides is 1. The number of fused-ring (bicyclic) bond motifs is 1. The van der Waals surface area contributed by atoms with Crippen molar-refractivity contribution < 1.29 is 9.53 Å². The minimum Gasteiger partial charge on any atom is -0.375 e. The standard InChI is InChI=1S/C17H21N3O4/c1-4-19-14-6-5-12(7-13(14)18-15(21)17(19)23)16(22)20-8-11(3)24-9-10(20)2/h5-7,10-11H,4,8-9H2,1-3H3,(H,18,21). The summed E-state index contributed by atoms with van der Waals surface area (Å²) in [6.07, 6.45) is -0.00400. The molecule has 0 saturated carbocycles. The van der Waals surface area contributed by atoms with Crippen molar-refractivity contribution in [3.63, 3.8) is 0 Å². The number of carbonyl (C=O) groups is 1. The van der Waals surface area contributed by atoms with Crippen molar-refractivity contribution in [3.8, 4) is 0 Å². The Morgan fingerprint density at radius 2 is 2.08 bits per heavy atom. The van der Waals surface area contributed by atoms with Gasteiger partial charge in [0.15, 0.2) is 0 Å². The van der Waals surface area contributed by atoms with Crippen LogP contribution in [0.15, 0.2) is 27.8 Å². The van der Waals surface area contributed by atoms with Crippen LogP contribution in [0.3, 0.4) is 0 Å². The zero-order valence-electron chi connectivity index (χ0n) is 14.0. The van der Waals surface area contributed by atoms with Crippen LogP contribution in [0.1, 0.15) is 31.1 Å². The monoisotopic (exact) mass is 331 g/mol. The van der Waals surface area contributed by atoms with Gasteiger partial charge in [-0.1, -0.05) is 0 Å². The van der Waals surface area contributed by atoms with E-state index in [2.05, 4.69) is 4.98 Å². The molecular weight excluding hydrogens is 310 g/mol. The Balaban J connectivity index is 2.05. The molecule has 0 radical (unpaired) electrons. The Kier molecular flexibility index (Phi) is 4.28. The summed E-state index contributed by atoms with van der Waals surface area (Å²) < 4.78 is 6.96. The van der Waals surface area contributed by atoms with Crippen molar-refractivity contribution in [1.29, 1.82) is 0 Å². The van der Waals surface area contributed by atoms with Crippen molar-refractivity contribution >= 4 is 16.9 Å². The van der Waals surface area contributed by atoms with Gasteiger partial charge in [0.2, 0.25) is 0 Å². The Morgan fingerprint density at radius 1 is 1.33 bits per heavy atom. The molecule has 2 heterocycles. The number of ether oxygens (including phenoxy) is 1. The van der Waals surface area contributed by atoms with Crippen LogP contribution in [0.4, 0.5) is 0 Å². The summed E-state index contributed by atoms with van der Waals surface area (Å²) >= 11 is 0. The Bertz CT molecular complexity index is 899. The highest BCUT2D eigenvalue weighted by Gasteiger charge is 2.28. The SMILES string of the molecule is CCn1c(=O)c(=O)[nH]c2cc(C(=O)N3CC(C)OCC3C)ccc21. The molecule has 0 spiro atoms. The van der Waals surface area contributed by atoms with E-state index in [1.807, 2.05) is 13.8 Å². The highest BCUT2D eigenvalue weighted by molar-refractivity contribution is 5.97. The van der Waals surface area contributed by atoms with Gasteiger partial charge >= 0.3 is 11.1 Å². The molecule has 1 aliphatic heterocycles. The molecule has 1 fully saturated rings. The number of aromatic nitrogens is 2. The minimum absolute atomic E-state index is 0.00400. The lowest BCUT2D eigenvalue weighted by atomic mass is 10.1. The lowest BCUT2D eigenvalue weighted by Crippen LogP contribution is -2.50. The normalized spacial score (nSPS) is 21.2. The Morgan fingerprint density at radius 3 is 2.79 bits per heavy atom. The van der Waals surface area contributed by atoms with Crippen LogP contribution in [0.25, 0.3) is 11.0 Å². The molecule has 1 amide bonds. The van der Waals surface area contributed by atoms with Crippen LogP contribution in [-0.4, -0.2) is 45.7 Å². The molecule has 1 aromatic heterocycles. The first-order valence-corrected chi connectivity index (χ1v) is 8.11. The number of carbonyl (C=O) groups excluding carboxylic acids is 1. The second-order valence-corrected chi connectivity index (χ2v) is 6.19. The van der Waals surface area contributed by atoms with Gasteiger partial charge in [-0.2, -0.15) is 0 Å². The van der Waals surface area contributed by atoms with Gasteiger partial charge in [0.05, 0.1) is 29.8 Å². The van der Waals surface area contributed by atoms with Gasteiger partial charge in [0.25, 0.3) is 5.91 Å². The van der Waals surface area contributed by atoms with Crippen LogP contribution >= 0.6 is 0 Å². The first kappa shape index (κ1) is 16.4. The first-order chi connectivity index (χ1) is 11.4. The number of hydrogen-bond donors (Lipinski definition) is 1. The van der Waals surface area contributed by atoms with E-state index >= 15 is 0 Å².